The van der Waals surface area contributed by atoms with Crippen LogP contribution < -0.4 is 0 Å². The number of hydrogen-bond donors (Lipinski definition) is 0. The Kier molecular flexibility index (Phi) is 3.24. The normalized spacial score (nSPS) is 9.41. The van der Waals surface area contributed by atoms with E-state index in [0.717, 1.165) is 5.56 Å². The Hall–Kier alpha value is -2.51. The maximum atomic E-state index is 12.0. The Morgan fingerprint density at radius 1 is 0.941 bits per heavy atom. The van der Waals surface area contributed by atoms with Crippen molar-refractivity contribution < 1.29 is 9.58 Å². The van der Waals surface area contributed by atoms with Gasteiger partial charge in [0.05, 0.1) is 5.56 Å². The Morgan fingerprint density at radius 3 is 2.12 bits per heavy atom. The van der Waals surface area contributed by atoms with E-state index in [1.807, 2.05) is 18.2 Å². The van der Waals surface area contributed by atoms with E-state index >= 15 is 0 Å². The summed E-state index contributed by atoms with van der Waals surface area (Å²) in [4.78, 5) is 15.0. The fourth-order valence-electron chi connectivity index (χ4n) is 1.54. The van der Waals surface area contributed by atoms with E-state index in [2.05, 4.69) is 4.79 Å². The lowest BCUT2D eigenvalue weighted by Gasteiger charge is -2.00. The van der Waals surface area contributed by atoms with E-state index in [0.29, 0.717) is 11.1 Å². The highest BCUT2D eigenvalue weighted by molar-refractivity contribution is 6.09. The predicted octanol–water partition coefficient (Wildman–Crippen LogP) is 2.57. The zero-order valence-electron chi connectivity index (χ0n) is 9.08. The number of carbonyl (C=O) groups is 1. The van der Waals surface area contributed by atoms with Gasteiger partial charge in [-0.3, -0.25) is 4.79 Å². The number of carbonyl (C=O) groups excluding carboxylic acids is 1. The van der Waals surface area contributed by atoms with E-state index in [1.54, 1.807) is 36.4 Å². The standard InChI is InChI=1S/C14H10N2O/c15-16-10-11-6-8-13(9-7-11)14(17)12-4-2-1-3-5-12/h1-10H. The van der Waals surface area contributed by atoms with Crippen LogP contribution in [0.15, 0.2) is 54.6 Å². The number of hydrogen-bond acceptors (Lipinski definition) is 1. The minimum atomic E-state index is -0.0157. The summed E-state index contributed by atoms with van der Waals surface area (Å²) in [5.41, 5.74) is 10.4. The van der Waals surface area contributed by atoms with Gasteiger partial charge >= 0.3 is 0 Å². The third kappa shape index (κ3) is 2.54. The summed E-state index contributed by atoms with van der Waals surface area (Å²) in [6.45, 7) is 0. The van der Waals surface area contributed by atoms with Gasteiger partial charge in [-0.25, -0.2) is 0 Å². The summed E-state index contributed by atoms with van der Waals surface area (Å²) >= 11 is 0. The van der Waals surface area contributed by atoms with Crippen LogP contribution in [-0.2, 0) is 0 Å². The third-order valence-corrected chi connectivity index (χ3v) is 2.42. The summed E-state index contributed by atoms with van der Waals surface area (Å²) in [6, 6.07) is 16.0. The molecular formula is C14H10N2O. The highest BCUT2D eigenvalue weighted by Crippen LogP contribution is 2.10. The Balaban J connectivity index is 2.29. The van der Waals surface area contributed by atoms with Gasteiger partial charge in [0.1, 0.15) is 0 Å². The molecule has 0 saturated carbocycles. The zero-order valence-corrected chi connectivity index (χ0v) is 9.08. The quantitative estimate of drug-likeness (QED) is 0.341. The molecule has 0 radical (unpaired) electrons. The van der Waals surface area contributed by atoms with Crippen LogP contribution in [-0.4, -0.2) is 16.8 Å². The van der Waals surface area contributed by atoms with Gasteiger partial charge in [-0.2, -0.15) is 4.79 Å². The van der Waals surface area contributed by atoms with Gasteiger partial charge in [0.25, 0.3) is 6.21 Å². The van der Waals surface area contributed by atoms with E-state index in [-0.39, 0.29) is 5.78 Å². The minimum absolute atomic E-state index is 0.0157. The molecule has 0 aromatic heterocycles. The molecule has 0 aliphatic carbocycles. The second kappa shape index (κ2) is 5.01. The summed E-state index contributed by atoms with van der Waals surface area (Å²) in [5.74, 6) is -0.0157. The van der Waals surface area contributed by atoms with Gasteiger partial charge < -0.3 is 5.53 Å². The first-order valence-corrected chi connectivity index (χ1v) is 5.18. The predicted molar refractivity (Wildman–Crippen MR) is 65.1 cm³/mol. The largest absolute Gasteiger partial charge is 0.361 e. The Bertz CT molecular complexity index is 567. The van der Waals surface area contributed by atoms with Crippen molar-refractivity contribution in [2.24, 2.45) is 0 Å². The molecular weight excluding hydrogens is 212 g/mol. The smallest absolute Gasteiger partial charge is 0.287 e. The van der Waals surface area contributed by atoms with Gasteiger partial charge in [0.2, 0.25) is 0 Å². The number of benzene rings is 2. The van der Waals surface area contributed by atoms with E-state index in [9.17, 15) is 4.79 Å². The average Bonchev–Trinajstić information content (AvgIpc) is 2.40. The summed E-state index contributed by atoms with van der Waals surface area (Å²) in [5, 5.41) is 0. The van der Waals surface area contributed by atoms with Crippen molar-refractivity contribution in [1.82, 2.24) is 0 Å². The number of rotatable bonds is 3. The van der Waals surface area contributed by atoms with Crippen molar-refractivity contribution in [3.63, 3.8) is 0 Å². The average molecular weight is 222 g/mol. The second-order valence-electron chi connectivity index (χ2n) is 3.56. The first kappa shape index (κ1) is 11.0. The fourth-order valence-corrected chi connectivity index (χ4v) is 1.54. The molecule has 0 heterocycles. The first-order chi connectivity index (χ1) is 8.31. The van der Waals surface area contributed by atoms with Gasteiger partial charge in [-0.15, -0.1) is 0 Å². The fraction of sp³-hybridized carbons (Fsp3) is 0. The van der Waals surface area contributed by atoms with Crippen LogP contribution in [0, 0.1) is 0 Å². The van der Waals surface area contributed by atoms with Gasteiger partial charge in [-0.1, -0.05) is 42.5 Å². The van der Waals surface area contributed by atoms with Crippen molar-refractivity contribution >= 4 is 12.0 Å². The molecule has 0 unspecified atom stereocenters. The van der Waals surface area contributed by atoms with E-state index in [1.165, 1.54) is 6.21 Å². The lowest BCUT2D eigenvalue weighted by molar-refractivity contribution is 0.00456. The van der Waals surface area contributed by atoms with Crippen LogP contribution in [0.3, 0.4) is 0 Å². The van der Waals surface area contributed by atoms with Crippen LogP contribution in [0.4, 0.5) is 0 Å². The molecule has 0 fully saturated rings. The Labute approximate surface area is 99.0 Å². The molecule has 0 saturated heterocycles. The first-order valence-electron chi connectivity index (χ1n) is 5.18. The second-order valence-corrected chi connectivity index (χ2v) is 3.56. The van der Waals surface area contributed by atoms with Crippen LogP contribution in [0.5, 0.6) is 0 Å². The third-order valence-electron chi connectivity index (χ3n) is 2.42. The molecule has 0 spiro atoms. The maximum absolute atomic E-state index is 12.0. The molecule has 0 aliphatic heterocycles. The van der Waals surface area contributed by atoms with Gasteiger partial charge in [-0.05, 0) is 12.1 Å². The molecule has 0 atom stereocenters. The lowest BCUT2D eigenvalue weighted by atomic mass is 10.0. The summed E-state index contributed by atoms with van der Waals surface area (Å²) < 4.78 is 0. The minimum Gasteiger partial charge on any atom is -0.361 e. The molecule has 82 valence electrons. The van der Waals surface area contributed by atoms with Crippen LogP contribution in [0.2, 0.25) is 0 Å². The van der Waals surface area contributed by atoms with Crippen molar-refractivity contribution in [1.29, 1.82) is 0 Å². The SMILES string of the molecule is [N-]=[N+]=Cc1ccc(C(=O)c2ccccc2)cc1. The molecule has 2 aromatic carbocycles. The van der Waals surface area contributed by atoms with E-state index < -0.39 is 0 Å². The molecule has 3 nitrogen and oxygen atoms in total. The summed E-state index contributed by atoms with van der Waals surface area (Å²) in [7, 11) is 0. The molecule has 17 heavy (non-hydrogen) atoms. The van der Waals surface area contributed by atoms with Crippen LogP contribution >= 0.6 is 0 Å². The van der Waals surface area contributed by atoms with Crippen molar-refractivity contribution in [2.45, 2.75) is 0 Å². The van der Waals surface area contributed by atoms with Gasteiger partial charge in [0, 0.05) is 11.1 Å². The van der Waals surface area contributed by atoms with Gasteiger partial charge in [0.15, 0.2) is 5.78 Å². The number of nitrogens with zero attached hydrogens (tertiary/aromatic N) is 2. The molecule has 0 bridgehead atoms. The molecule has 0 N–H and O–H groups in total. The van der Waals surface area contributed by atoms with Crippen molar-refractivity contribution in [2.75, 3.05) is 0 Å². The molecule has 2 aromatic rings. The highest BCUT2D eigenvalue weighted by atomic mass is 16.1. The highest BCUT2D eigenvalue weighted by Gasteiger charge is 2.07. The monoisotopic (exact) mass is 222 g/mol. The molecule has 3 heteroatoms. The van der Waals surface area contributed by atoms with E-state index in [4.69, 9.17) is 5.53 Å². The van der Waals surface area contributed by atoms with Crippen LogP contribution in [0.25, 0.3) is 5.53 Å². The molecule has 0 aliphatic rings. The molecule has 0 amide bonds. The summed E-state index contributed by atoms with van der Waals surface area (Å²) in [6.07, 6.45) is 1.32. The topological polar surface area (TPSA) is 53.5 Å². The number of ketones is 1. The lowest BCUT2D eigenvalue weighted by Crippen LogP contribution is -2.00. The maximum Gasteiger partial charge on any atom is 0.287 e. The van der Waals surface area contributed by atoms with Crippen molar-refractivity contribution in [3.05, 3.63) is 76.8 Å². The Morgan fingerprint density at radius 2 is 1.53 bits per heavy atom. The zero-order chi connectivity index (χ0) is 12.1. The van der Waals surface area contributed by atoms with Crippen LogP contribution in [0.1, 0.15) is 21.5 Å². The van der Waals surface area contributed by atoms with Crippen molar-refractivity contribution in [3.8, 4) is 0 Å². The molecule has 2 rings (SSSR count).